The first-order valence-corrected chi connectivity index (χ1v) is 9.12. The summed E-state index contributed by atoms with van der Waals surface area (Å²) < 4.78 is 31.4. The summed E-state index contributed by atoms with van der Waals surface area (Å²) in [5.41, 5.74) is 0.906. The number of ether oxygens (including phenoxy) is 1. The first-order chi connectivity index (χ1) is 10.7. The Balaban J connectivity index is 2.08. The highest BCUT2D eigenvalue weighted by molar-refractivity contribution is 7.92. The third-order valence-corrected chi connectivity index (χ3v) is 4.01. The summed E-state index contributed by atoms with van der Waals surface area (Å²) in [4.78, 5) is 6.44. The summed E-state index contributed by atoms with van der Waals surface area (Å²) >= 11 is 0. The van der Waals surface area contributed by atoms with Crippen LogP contribution in [-0.4, -0.2) is 31.8 Å². The minimum Gasteiger partial charge on any atom is -0.484 e. The molecular weight excluding hydrogens is 314 g/mol. The number of sulfonamides is 1. The van der Waals surface area contributed by atoms with E-state index in [0.717, 1.165) is 17.8 Å². The molecule has 0 spiro atoms. The molecule has 1 aromatic heterocycles. The van der Waals surface area contributed by atoms with Crippen molar-refractivity contribution in [1.82, 2.24) is 4.98 Å². The molecule has 0 radical (unpaired) electrons. The van der Waals surface area contributed by atoms with Gasteiger partial charge in [0.05, 0.1) is 24.2 Å². The fourth-order valence-electron chi connectivity index (χ4n) is 2.61. The quantitative estimate of drug-likeness (QED) is 0.935. The second kappa shape index (κ2) is 5.42. The zero-order valence-corrected chi connectivity index (χ0v) is 14.1. The minimum absolute atomic E-state index is 0.379. The minimum atomic E-state index is -3.33. The number of fused-ring (bicyclic) bond motifs is 1. The summed E-state index contributed by atoms with van der Waals surface area (Å²) in [6.07, 6.45) is 2.86. The van der Waals surface area contributed by atoms with Crippen molar-refractivity contribution < 1.29 is 13.2 Å². The van der Waals surface area contributed by atoms with E-state index in [1.54, 1.807) is 24.4 Å². The molecule has 1 aromatic carbocycles. The highest BCUT2D eigenvalue weighted by atomic mass is 32.2. The summed E-state index contributed by atoms with van der Waals surface area (Å²) in [5.74, 6) is 1.49. The second-order valence-corrected chi connectivity index (χ2v) is 7.94. The van der Waals surface area contributed by atoms with Gasteiger partial charge >= 0.3 is 0 Å². The number of hydrogen-bond acceptors (Lipinski definition) is 5. The first kappa shape index (κ1) is 15.6. The lowest BCUT2D eigenvalue weighted by Gasteiger charge is -2.40. The first-order valence-electron chi connectivity index (χ1n) is 7.23. The van der Waals surface area contributed by atoms with Crippen LogP contribution in [0.25, 0.3) is 0 Å². The molecule has 0 saturated heterocycles. The van der Waals surface area contributed by atoms with Crippen molar-refractivity contribution in [2.24, 2.45) is 0 Å². The van der Waals surface area contributed by atoms with E-state index < -0.39 is 10.0 Å². The lowest BCUT2D eigenvalue weighted by Crippen LogP contribution is -2.45. The third kappa shape index (κ3) is 3.56. The Hall–Kier alpha value is -2.28. The standard InChI is InChI=1S/C16H19N3O3S/c1-16(2)11-19(15-6-4-5-9-17-15)13-10-12(18-23(3,20)21)7-8-14(13)22-16/h4-10,18H,11H2,1-3H3. The van der Waals surface area contributed by atoms with Gasteiger partial charge in [-0.2, -0.15) is 0 Å². The number of benzene rings is 1. The molecule has 3 rings (SSSR count). The van der Waals surface area contributed by atoms with Gasteiger partial charge in [0.2, 0.25) is 10.0 Å². The third-order valence-electron chi connectivity index (χ3n) is 3.40. The zero-order valence-electron chi connectivity index (χ0n) is 13.3. The van der Waals surface area contributed by atoms with Crippen molar-refractivity contribution in [2.45, 2.75) is 19.4 Å². The van der Waals surface area contributed by atoms with Crippen molar-refractivity contribution in [3.63, 3.8) is 0 Å². The highest BCUT2D eigenvalue weighted by Crippen LogP contribution is 2.41. The molecule has 1 N–H and O–H groups in total. The maximum Gasteiger partial charge on any atom is 0.229 e. The molecule has 0 fully saturated rings. The van der Waals surface area contributed by atoms with E-state index in [1.165, 1.54) is 0 Å². The molecule has 2 heterocycles. The lowest BCUT2D eigenvalue weighted by molar-refractivity contribution is 0.109. The van der Waals surface area contributed by atoms with Crippen LogP contribution < -0.4 is 14.4 Å². The largest absolute Gasteiger partial charge is 0.484 e. The van der Waals surface area contributed by atoms with Crippen molar-refractivity contribution in [3.8, 4) is 5.75 Å². The number of rotatable bonds is 3. The topological polar surface area (TPSA) is 71.5 Å². The van der Waals surface area contributed by atoms with Crippen LogP contribution in [0.1, 0.15) is 13.8 Å². The Labute approximate surface area is 136 Å². The van der Waals surface area contributed by atoms with Gasteiger partial charge in [-0.3, -0.25) is 4.72 Å². The van der Waals surface area contributed by atoms with Crippen LogP contribution in [0.3, 0.4) is 0 Å². The van der Waals surface area contributed by atoms with E-state index in [-0.39, 0.29) is 5.60 Å². The van der Waals surface area contributed by atoms with Crippen LogP contribution in [0.5, 0.6) is 5.75 Å². The van der Waals surface area contributed by atoms with Crippen LogP contribution in [0.4, 0.5) is 17.2 Å². The van der Waals surface area contributed by atoms with E-state index in [4.69, 9.17) is 4.74 Å². The SMILES string of the molecule is CC1(C)CN(c2ccccn2)c2cc(NS(C)(=O)=O)ccc2O1. The van der Waals surface area contributed by atoms with Gasteiger partial charge in [-0.05, 0) is 44.2 Å². The Bertz CT molecular complexity index is 820. The molecule has 0 amide bonds. The van der Waals surface area contributed by atoms with Crippen molar-refractivity contribution >= 4 is 27.2 Å². The van der Waals surface area contributed by atoms with E-state index in [0.29, 0.717) is 18.0 Å². The van der Waals surface area contributed by atoms with Crippen LogP contribution in [0.15, 0.2) is 42.6 Å². The van der Waals surface area contributed by atoms with Crippen molar-refractivity contribution in [1.29, 1.82) is 0 Å². The van der Waals surface area contributed by atoms with E-state index in [2.05, 4.69) is 9.71 Å². The Morgan fingerprint density at radius 2 is 2.04 bits per heavy atom. The van der Waals surface area contributed by atoms with Gasteiger partial charge in [0, 0.05) is 6.20 Å². The number of nitrogens with one attached hydrogen (secondary N) is 1. The van der Waals surface area contributed by atoms with Gasteiger partial charge < -0.3 is 9.64 Å². The predicted octanol–water partition coefficient (Wildman–Crippen LogP) is 2.76. The number of aromatic nitrogens is 1. The van der Waals surface area contributed by atoms with Crippen LogP contribution in [-0.2, 0) is 10.0 Å². The Kier molecular flexibility index (Phi) is 3.68. The fraction of sp³-hybridized carbons (Fsp3) is 0.312. The number of anilines is 3. The van der Waals surface area contributed by atoms with Gasteiger partial charge in [0.15, 0.2) is 0 Å². The fourth-order valence-corrected chi connectivity index (χ4v) is 3.16. The summed E-state index contributed by atoms with van der Waals surface area (Å²) in [6.45, 7) is 4.63. The van der Waals surface area contributed by atoms with Gasteiger partial charge in [-0.25, -0.2) is 13.4 Å². The van der Waals surface area contributed by atoms with Crippen LogP contribution in [0.2, 0.25) is 0 Å². The van der Waals surface area contributed by atoms with Gasteiger partial charge in [0.25, 0.3) is 0 Å². The van der Waals surface area contributed by atoms with Crippen molar-refractivity contribution in [2.75, 3.05) is 22.4 Å². The molecule has 0 aliphatic carbocycles. The average molecular weight is 333 g/mol. The number of nitrogens with zero attached hydrogens (tertiary/aromatic N) is 2. The van der Waals surface area contributed by atoms with E-state index in [1.807, 2.05) is 36.9 Å². The zero-order chi connectivity index (χ0) is 16.7. The second-order valence-electron chi connectivity index (χ2n) is 6.19. The molecule has 1 aliphatic heterocycles. The molecule has 2 aromatic rings. The normalized spacial score (nSPS) is 16.4. The smallest absolute Gasteiger partial charge is 0.229 e. The molecule has 122 valence electrons. The molecule has 1 aliphatic rings. The number of hydrogen-bond donors (Lipinski definition) is 1. The highest BCUT2D eigenvalue weighted by Gasteiger charge is 2.33. The maximum atomic E-state index is 11.5. The molecule has 0 atom stereocenters. The monoisotopic (exact) mass is 333 g/mol. The molecular formula is C16H19N3O3S. The lowest BCUT2D eigenvalue weighted by atomic mass is 10.0. The molecule has 0 bridgehead atoms. The summed E-state index contributed by atoms with van der Waals surface area (Å²) in [5, 5.41) is 0. The van der Waals surface area contributed by atoms with Crippen LogP contribution in [0, 0.1) is 0 Å². The number of pyridine rings is 1. The molecule has 6 nitrogen and oxygen atoms in total. The van der Waals surface area contributed by atoms with Gasteiger partial charge in [-0.1, -0.05) is 6.07 Å². The molecule has 23 heavy (non-hydrogen) atoms. The van der Waals surface area contributed by atoms with Gasteiger partial charge in [0.1, 0.15) is 17.2 Å². The predicted molar refractivity (Wildman–Crippen MR) is 90.9 cm³/mol. The summed E-state index contributed by atoms with van der Waals surface area (Å²) in [6, 6.07) is 10.9. The van der Waals surface area contributed by atoms with E-state index >= 15 is 0 Å². The van der Waals surface area contributed by atoms with Crippen LogP contribution >= 0.6 is 0 Å². The molecule has 0 unspecified atom stereocenters. The summed E-state index contributed by atoms with van der Waals surface area (Å²) in [7, 11) is -3.33. The Morgan fingerprint density at radius 3 is 2.70 bits per heavy atom. The van der Waals surface area contributed by atoms with E-state index in [9.17, 15) is 8.42 Å². The molecule has 0 saturated carbocycles. The average Bonchev–Trinajstić information content (AvgIpc) is 2.45. The van der Waals surface area contributed by atoms with Crippen molar-refractivity contribution in [3.05, 3.63) is 42.6 Å². The van der Waals surface area contributed by atoms with Gasteiger partial charge in [-0.15, -0.1) is 0 Å². The Morgan fingerprint density at radius 1 is 1.26 bits per heavy atom. The maximum absolute atomic E-state index is 11.5. The molecule has 7 heteroatoms.